The Hall–Kier alpha value is -2.61. The zero-order valence-electron chi connectivity index (χ0n) is 13.7. The second-order valence-corrected chi connectivity index (χ2v) is 7.08. The molecule has 1 amide bonds. The fraction of sp³-hybridized carbons (Fsp3) is 0.278. The van der Waals surface area contributed by atoms with Gasteiger partial charge in [-0.25, -0.2) is 8.78 Å². The van der Waals surface area contributed by atoms with Gasteiger partial charge in [0, 0.05) is 19.2 Å². The van der Waals surface area contributed by atoms with E-state index in [1.165, 1.54) is 17.4 Å². The molecule has 1 aromatic carbocycles. The summed E-state index contributed by atoms with van der Waals surface area (Å²) in [5.74, 6) is -1.17. The van der Waals surface area contributed by atoms with Crippen LogP contribution in [0.15, 0.2) is 40.1 Å². The molecule has 3 heterocycles. The summed E-state index contributed by atoms with van der Waals surface area (Å²) in [5, 5.41) is 10.1. The van der Waals surface area contributed by atoms with Crippen molar-refractivity contribution in [2.24, 2.45) is 0 Å². The molecule has 1 unspecified atom stereocenters. The van der Waals surface area contributed by atoms with Crippen molar-refractivity contribution in [2.45, 2.75) is 18.8 Å². The van der Waals surface area contributed by atoms with E-state index in [1.807, 2.05) is 17.5 Å². The second kappa shape index (κ2) is 6.95. The number of rotatable bonds is 3. The summed E-state index contributed by atoms with van der Waals surface area (Å²) in [6, 6.07) is 6.79. The minimum Gasteiger partial charge on any atom is -0.420 e. The van der Waals surface area contributed by atoms with Crippen molar-refractivity contribution in [3.05, 3.63) is 58.8 Å². The highest BCUT2D eigenvalue weighted by atomic mass is 32.1. The van der Waals surface area contributed by atoms with Crippen LogP contribution in [-0.4, -0.2) is 34.1 Å². The van der Waals surface area contributed by atoms with Crippen molar-refractivity contribution < 1.29 is 18.0 Å². The van der Waals surface area contributed by atoms with E-state index in [1.54, 1.807) is 4.90 Å². The zero-order valence-corrected chi connectivity index (χ0v) is 14.5. The molecule has 1 aliphatic rings. The number of hydrogen-bond acceptors (Lipinski definition) is 5. The molecule has 5 nitrogen and oxygen atoms in total. The van der Waals surface area contributed by atoms with E-state index in [4.69, 9.17) is 4.42 Å². The van der Waals surface area contributed by atoms with Crippen molar-refractivity contribution in [3.8, 4) is 10.8 Å². The third-order valence-electron chi connectivity index (χ3n) is 4.39. The predicted octanol–water partition coefficient (Wildman–Crippen LogP) is 4.10. The lowest BCUT2D eigenvalue weighted by Crippen LogP contribution is -2.39. The van der Waals surface area contributed by atoms with E-state index >= 15 is 0 Å². The van der Waals surface area contributed by atoms with Crippen molar-refractivity contribution >= 4 is 17.2 Å². The summed E-state index contributed by atoms with van der Waals surface area (Å²) in [6.45, 7) is 0.875. The summed E-state index contributed by atoms with van der Waals surface area (Å²) in [6.07, 6.45) is 1.55. The molecule has 4 rings (SSSR count). The molecular formula is C18H15F2N3O2S. The van der Waals surface area contributed by atoms with Gasteiger partial charge in [-0.2, -0.15) is 0 Å². The Kier molecular flexibility index (Phi) is 4.50. The molecule has 0 saturated carbocycles. The summed E-state index contributed by atoms with van der Waals surface area (Å²) >= 11 is 1.51. The highest BCUT2D eigenvalue weighted by Gasteiger charge is 2.30. The molecule has 0 spiro atoms. The fourth-order valence-corrected chi connectivity index (χ4v) is 3.74. The highest BCUT2D eigenvalue weighted by molar-refractivity contribution is 7.13. The van der Waals surface area contributed by atoms with Gasteiger partial charge in [-0.05, 0) is 36.4 Å². The Morgan fingerprint density at radius 2 is 2.15 bits per heavy atom. The van der Waals surface area contributed by atoms with Crippen LogP contribution in [0.3, 0.4) is 0 Å². The van der Waals surface area contributed by atoms with Crippen LogP contribution in [0.2, 0.25) is 0 Å². The van der Waals surface area contributed by atoms with Crippen LogP contribution >= 0.6 is 11.3 Å². The number of thiophene rings is 1. The maximum atomic E-state index is 13.9. The van der Waals surface area contributed by atoms with Gasteiger partial charge in [0.1, 0.15) is 11.6 Å². The van der Waals surface area contributed by atoms with E-state index in [0.29, 0.717) is 24.9 Å². The first kappa shape index (κ1) is 16.8. The Balaban J connectivity index is 1.51. The maximum absolute atomic E-state index is 13.9. The summed E-state index contributed by atoms with van der Waals surface area (Å²) in [4.78, 5) is 15.0. The number of piperidine rings is 1. The number of likely N-dealkylation sites (tertiary alicyclic amines) is 1. The van der Waals surface area contributed by atoms with Gasteiger partial charge >= 0.3 is 0 Å². The van der Waals surface area contributed by atoms with Crippen molar-refractivity contribution in [3.63, 3.8) is 0 Å². The molecular weight excluding hydrogens is 360 g/mol. The van der Waals surface area contributed by atoms with E-state index in [9.17, 15) is 13.6 Å². The number of carbonyl (C=O) groups is 1. The lowest BCUT2D eigenvalue weighted by molar-refractivity contribution is 0.0693. The van der Waals surface area contributed by atoms with Crippen LogP contribution in [-0.2, 0) is 0 Å². The number of benzene rings is 1. The molecule has 1 fully saturated rings. The average molecular weight is 375 g/mol. The normalized spacial score (nSPS) is 17.5. The number of amides is 1. The van der Waals surface area contributed by atoms with Crippen LogP contribution in [0.25, 0.3) is 10.8 Å². The highest BCUT2D eigenvalue weighted by Crippen LogP contribution is 2.30. The van der Waals surface area contributed by atoms with E-state index in [2.05, 4.69) is 10.2 Å². The van der Waals surface area contributed by atoms with Gasteiger partial charge in [0.05, 0.1) is 16.4 Å². The standard InChI is InChI=1S/C18H15F2N3O2S/c19-12-5-6-13(14(20)9-12)18(24)23-7-1-3-11(10-23)16-21-22-17(25-16)15-4-2-8-26-15/h2,4-6,8-9,11H,1,3,7,10H2. The predicted molar refractivity (Wildman–Crippen MR) is 91.8 cm³/mol. The third-order valence-corrected chi connectivity index (χ3v) is 5.25. The Morgan fingerprint density at radius 1 is 1.27 bits per heavy atom. The third kappa shape index (κ3) is 3.24. The average Bonchev–Trinajstić information content (AvgIpc) is 3.33. The molecule has 3 aromatic rings. The van der Waals surface area contributed by atoms with Crippen LogP contribution in [0.5, 0.6) is 0 Å². The van der Waals surface area contributed by atoms with E-state index < -0.39 is 17.5 Å². The van der Waals surface area contributed by atoms with Gasteiger partial charge in [-0.15, -0.1) is 21.5 Å². The van der Waals surface area contributed by atoms with Gasteiger partial charge in [-0.3, -0.25) is 4.79 Å². The monoisotopic (exact) mass is 375 g/mol. The minimum atomic E-state index is -0.852. The molecule has 1 aliphatic heterocycles. The van der Waals surface area contributed by atoms with Crippen LogP contribution in [0.4, 0.5) is 8.78 Å². The minimum absolute atomic E-state index is 0.0996. The number of halogens is 2. The molecule has 0 aliphatic carbocycles. The number of nitrogens with zero attached hydrogens (tertiary/aromatic N) is 3. The Morgan fingerprint density at radius 3 is 2.92 bits per heavy atom. The molecule has 2 aromatic heterocycles. The summed E-state index contributed by atoms with van der Waals surface area (Å²) < 4.78 is 32.7. The number of aromatic nitrogens is 2. The van der Waals surface area contributed by atoms with Crippen LogP contribution in [0, 0.1) is 11.6 Å². The van der Waals surface area contributed by atoms with Gasteiger partial charge in [0.25, 0.3) is 11.8 Å². The first-order chi connectivity index (χ1) is 12.6. The second-order valence-electron chi connectivity index (χ2n) is 6.14. The van der Waals surface area contributed by atoms with Gasteiger partial charge in [-0.1, -0.05) is 6.07 Å². The van der Waals surface area contributed by atoms with Crippen molar-refractivity contribution in [1.29, 1.82) is 0 Å². The van der Waals surface area contributed by atoms with Gasteiger partial charge < -0.3 is 9.32 Å². The van der Waals surface area contributed by atoms with E-state index in [0.717, 1.165) is 29.9 Å². The largest absolute Gasteiger partial charge is 0.420 e. The number of carbonyl (C=O) groups excluding carboxylic acids is 1. The van der Waals surface area contributed by atoms with Crippen LogP contribution < -0.4 is 0 Å². The molecule has 0 bridgehead atoms. The van der Waals surface area contributed by atoms with E-state index in [-0.39, 0.29) is 11.5 Å². The van der Waals surface area contributed by atoms with Crippen LogP contribution in [0.1, 0.15) is 35.0 Å². The zero-order chi connectivity index (χ0) is 18.1. The Bertz CT molecular complexity index is 926. The van der Waals surface area contributed by atoms with Crippen molar-refractivity contribution in [1.82, 2.24) is 15.1 Å². The number of hydrogen-bond donors (Lipinski definition) is 0. The first-order valence-electron chi connectivity index (χ1n) is 8.23. The van der Waals surface area contributed by atoms with Gasteiger partial charge in [0.15, 0.2) is 0 Å². The lowest BCUT2D eigenvalue weighted by Gasteiger charge is -2.31. The quantitative estimate of drug-likeness (QED) is 0.692. The molecule has 134 valence electrons. The lowest BCUT2D eigenvalue weighted by atomic mass is 9.97. The summed E-state index contributed by atoms with van der Waals surface area (Å²) in [5.41, 5.74) is -0.128. The molecule has 0 N–H and O–H groups in total. The smallest absolute Gasteiger partial charge is 0.257 e. The summed E-state index contributed by atoms with van der Waals surface area (Å²) in [7, 11) is 0. The maximum Gasteiger partial charge on any atom is 0.257 e. The molecule has 8 heteroatoms. The molecule has 0 radical (unpaired) electrons. The Labute approximate surface area is 152 Å². The van der Waals surface area contributed by atoms with Crippen molar-refractivity contribution in [2.75, 3.05) is 13.1 Å². The molecule has 1 atom stereocenters. The molecule has 1 saturated heterocycles. The molecule has 26 heavy (non-hydrogen) atoms. The fourth-order valence-electron chi connectivity index (χ4n) is 3.10. The van der Waals surface area contributed by atoms with Gasteiger partial charge in [0.2, 0.25) is 5.89 Å². The topological polar surface area (TPSA) is 59.2 Å². The SMILES string of the molecule is O=C(c1ccc(F)cc1F)N1CCCC(c2nnc(-c3cccs3)o2)C1. The first-order valence-corrected chi connectivity index (χ1v) is 9.11.